The van der Waals surface area contributed by atoms with Gasteiger partial charge in [0.2, 0.25) is 10.0 Å². The van der Waals surface area contributed by atoms with Crippen molar-refractivity contribution < 1.29 is 18.4 Å². The van der Waals surface area contributed by atoms with Gasteiger partial charge in [0, 0.05) is 18.7 Å². The zero-order valence-electron chi connectivity index (χ0n) is 10.6. The number of hydrogen-bond donors (Lipinski definition) is 1. The van der Waals surface area contributed by atoms with Crippen molar-refractivity contribution in [2.24, 2.45) is 0 Å². The van der Waals surface area contributed by atoms with Gasteiger partial charge in [0.25, 0.3) is 0 Å². The lowest BCUT2D eigenvalue weighted by molar-refractivity contribution is -0.389. The molecule has 8 nitrogen and oxygen atoms in total. The van der Waals surface area contributed by atoms with Gasteiger partial charge >= 0.3 is 5.82 Å². The van der Waals surface area contributed by atoms with Gasteiger partial charge in [-0.25, -0.2) is 8.42 Å². The lowest BCUT2D eigenvalue weighted by Gasteiger charge is -2.24. The zero-order chi connectivity index (χ0) is 14.6. The van der Waals surface area contributed by atoms with E-state index in [1.807, 2.05) is 0 Å². The highest BCUT2D eigenvalue weighted by Gasteiger charge is 2.28. The predicted octanol–water partition coefficient (Wildman–Crippen LogP) is 0.381. The lowest BCUT2D eigenvalue weighted by atomic mass is 10.4. The molecule has 0 aliphatic rings. The van der Waals surface area contributed by atoms with Crippen LogP contribution in [0.3, 0.4) is 0 Å². The molecule has 9 heteroatoms. The second kappa shape index (κ2) is 6.04. The number of aromatic nitrogens is 1. The number of pyridine rings is 1. The molecule has 1 N–H and O–H groups in total. The Hall–Kier alpha value is -1.58. The molecule has 0 aliphatic carbocycles. The van der Waals surface area contributed by atoms with Crippen LogP contribution in [0.25, 0.3) is 0 Å². The normalized spacial score (nSPS) is 12.1. The van der Waals surface area contributed by atoms with Gasteiger partial charge in [-0.15, -0.1) is 0 Å². The average molecular weight is 289 g/mol. The van der Waals surface area contributed by atoms with Crippen molar-refractivity contribution in [2.45, 2.75) is 24.8 Å². The monoisotopic (exact) mass is 289 g/mol. The number of aliphatic hydroxyl groups is 1. The maximum absolute atomic E-state index is 12.2. The summed E-state index contributed by atoms with van der Waals surface area (Å²) < 4.78 is 25.6. The first-order valence-electron chi connectivity index (χ1n) is 5.54. The van der Waals surface area contributed by atoms with E-state index in [9.17, 15) is 18.5 Å². The molecule has 1 aromatic heterocycles. The van der Waals surface area contributed by atoms with Gasteiger partial charge in [-0.3, -0.25) is 0 Å². The first-order valence-corrected chi connectivity index (χ1v) is 6.98. The van der Waals surface area contributed by atoms with Crippen LogP contribution in [0.2, 0.25) is 0 Å². The molecule has 1 heterocycles. The fourth-order valence-corrected chi connectivity index (χ4v) is 3.10. The molecule has 1 rings (SSSR count). The van der Waals surface area contributed by atoms with E-state index in [4.69, 9.17) is 5.11 Å². The average Bonchev–Trinajstić information content (AvgIpc) is 2.35. The Labute approximate surface area is 110 Å². The topological polar surface area (TPSA) is 114 Å². The molecular formula is C10H15N3O5S. The molecule has 1 aromatic rings. The number of nitro groups is 1. The molecule has 0 spiro atoms. The number of sulfonamides is 1. The van der Waals surface area contributed by atoms with Crippen LogP contribution in [-0.2, 0) is 10.0 Å². The van der Waals surface area contributed by atoms with Crippen LogP contribution in [0.15, 0.2) is 23.2 Å². The molecule has 0 saturated heterocycles. The smallest absolute Gasteiger partial charge is 0.363 e. The van der Waals surface area contributed by atoms with Crippen molar-refractivity contribution >= 4 is 15.8 Å². The molecule has 0 amide bonds. The minimum absolute atomic E-state index is 0.0447. The van der Waals surface area contributed by atoms with Crippen molar-refractivity contribution in [3.63, 3.8) is 0 Å². The van der Waals surface area contributed by atoms with E-state index in [1.54, 1.807) is 13.8 Å². The van der Waals surface area contributed by atoms with Gasteiger partial charge in [0.1, 0.15) is 4.90 Å². The fourth-order valence-electron chi connectivity index (χ4n) is 1.52. The molecule has 0 bridgehead atoms. The van der Waals surface area contributed by atoms with E-state index in [0.29, 0.717) is 0 Å². The van der Waals surface area contributed by atoms with E-state index in [-0.39, 0.29) is 24.1 Å². The molecule has 0 fully saturated rings. The van der Waals surface area contributed by atoms with Crippen molar-refractivity contribution in [1.29, 1.82) is 0 Å². The van der Waals surface area contributed by atoms with Crippen molar-refractivity contribution in [3.8, 4) is 0 Å². The Morgan fingerprint density at radius 2 is 2.11 bits per heavy atom. The summed E-state index contributed by atoms with van der Waals surface area (Å²) in [6, 6.07) is 1.82. The molecule has 0 radical (unpaired) electrons. The van der Waals surface area contributed by atoms with E-state index in [2.05, 4.69) is 4.98 Å². The fraction of sp³-hybridized carbons (Fsp3) is 0.500. The second-order valence-electron chi connectivity index (χ2n) is 4.04. The Morgan fingerprint density at radius 1 is 1.47 bits per heavy atom. The zero-order valence-corrected chi connectivity index (χ0v) is 11.4. The van der Waals surface area contributed by atoms with Gasteiger partial charge in [-0.05, 0) is 29.8 Å². The highest BCUT2D eigenvalue weighted by molar-refractivity contribution is 7.89. The maximum Gasteiger partial charge on any atom is 0.363 e. The molecule has 0 unspecified atom stereocenters. The Morgan fingerprint density at radius 3 is 2.47 bits per heavy atom. The van der Waals surface area contributed by atoms with Gasteiger partial charge in [-0.2, -0.15) is 4.31 Å². The summed E-state index contributed by atoms with van der Waals surface area (Å²) >= 11 is 0. The van der Waals surface area contributed by atoms with E-state index in [1.165, 1.54) is 0 Å². The van der Waals surface area contributed by atoms with Crippen LogP contribution >= 0.6 is 0 Å². The summed E-state index contributed by atoms with van der Waals surface area (Å²) in [5.74, 6) is -0.419. The predicted molar refractivity (Wildman–Crippen MR) is 67.0 cm³/mol. The molecular weight excluding hydrogens is 274 g/mol. The summed E-state index contributed by atoms with van der Waals surface area (Å²) in [5.41, 5.74) is 0. The van der Waals surface area contributed by atoms with E-state index in [0.717, 1.165) is 22.6 Å². The minimum Gasteiger partial charge on any atom is -0.395 e. The first-order chi connectivity index (χ1) is 8.80. The molecule has 0 aliphatic heterocycles. The largest absolute Gasteiger partial charge is 0.395 e. The SMILES string of the molecule is CC(C)N(CCO)S(=O)(=O)c1ccc([N+](=O)[O-])nc1. The van der Waals surface area contributed by atoms with Gasteiger partial charge in [0.15, 0.2) is 6.20 Å². The summed E-state index contributed by atoms with van der Waals surface area (Å²) in [6.45, 7) is 2.99. The third-order valence-electron chi connectivity index (χ3n) is 2.41. The molecule has 0 atom stereocenters. The second-order valence-corrected chi connectivity index (χ2v) is 5.93. The Bertz CT molecular complexity index is 541. The van der Waals surface area contributed by atoms with Crippen molar-refractivity contribution in [1.82, 2.24) is 9.29 Å². The van der Waals surface area contributed by atoms with Crippen LogP contribution in [0.1, 0.15) is 13.8 Å². The minimum atomic E-state index is -3.82. The summed E-state index contributed by atoms with van der Waals surface area (Å²) in [7, 11) is -3.82. The standard InChI is InChI=1S/C10H15N3O5S/c1-8(2)12(5-6-14)19(17,18)9-3-4-10(11-7-9)13(15)16/h3-4,7-8,14H,5-6H2,1-2H3. The molecule has 0 aromatic carbocycles. The number of aliphatic hydroxyl groups excluding tert-OH is 1. The highest BCUT2D eigenvalue weighted by atomic mass is 32.2. The summed E-state index contributed by atoms with van der Waals surface area (Å²) in [5, 5.41) is 19.4. The number of hydrogen-bond acceptors (Lipinski definition) is 6. The highest BCUT2D eigenvalue weighted by Crippen LogP contribution is 2.18. The Kier molecular flexibility index (Phi) is 4.92. The van der Waals surface area contributed by atoms with Crippen LogP contribution in [0, 0.1) is 10.1 Å². The number of nitrogens with zero attached hydrogens (tertiary/aromatic N) is 3. The maximum atomic E-state index is 12.2. The van der Waals surface area contributed by atoms with Crippen LogP contribution in [0.4, 0.5) is 5.82 Å². The number of rotatable bonds is 6. The van der Waals surface area contributed by atoms with Gasteiger partial charge < -0.3 is 15.2 Å². The first kappa shape index (κ1) is 15.5. The van der Waals surface area contributed by atoms with Crippen molar-refractivity contribution in [3.05, 3.63) is 28.4 Å². The quantitative estimate of drug-likeness (QED) is 0.598. The van der Waals surface area contributed by atoms with Gasteiger partial charge in [0.05, 0.1) is 6.61 Å². The van der Waals surface area contributed by atoms with E-state index >= 15 is 0 Å². The third-order valence-corrected chi connectivity index (χ3v) is 4.47. The molecule has 106 valence electrons. The lowest BCUT2D eigenvalue weighted by Crippen LogP contribution is -2.38. The molecule has 19 heavy (non-hydrogen) atoms. The van der Waals surface area contributed by atoms with Gasteiger partial charge in [-0.1, -0.05) is 0 Å². The third kappa shape index (κ3) is 3.46. The summed E-state index contributed by atoms with van der Waals surface area (Å²) in [6.07, 6.45) is 0.945. The van der Waals surface area contributed by atoms with E-state index < -0.39 is 20.8 Å². The van der Waals surface area contributed by atoms with Crippen LogP contribution < -0.4 is 0 Å². The Balaban J connectivity index is 3.14. The van der Waals surface area contributed by atoms with Crippen molar-refractivity contribution in [2.75, 3.05) is 13.2 Å². The van der Waals surface area contributed by atoms with Crippen LogP contribution in [0.5, 0.6) is 0 Å². The molecule has 0 saturated carbocycles. The summed E-state index contributed by atoms with van der Waals surface area (Å²) in [4.78, 5) is 13.1. The van der Waals surface area contributed by atoms with Crippen LogP contribution in [-0.4, -0.2) is 46.9 Å².